The maximum atomic E-state index is 15.3. The first kappa shape index (κ1) is 22.0. The van der Waals surface area contributed by atoms with Gasteiger partial charge in [-0.1, -0.05) is 15.9 Å². The standard InChI is InChI=1S/C21H19BrF4N2O3/c1-29-11-31-17-9-12(21(24,25)26)8-15(19(17)23)20-14-6-5-13(22)10-16(14)28(27-20)18-4-2-3-7-30-18/h5-6,8-10,18H,2-4,7,11H2,1H3. The van der Waals surface area contributed by atoms with Crippen LogP contribution in [0, 0.1) is 5.82 Å². The topological polar surface area (TPSA) is 45.5 Å². The number of fused-ring (bicyclic) bond motifs is 1. The first-order chi connectivity index (χ1) is 14.8. The van der Waals surface area contributed by atoms with Crippen molar-refractivity contribution in [1.82, 2.24) is 9.78 Å². The Balaban J connectivity index is 1.93. The molecule has 1 aliphatic heterocycles. The van der Waals surface area contributed by atoms with Crippen molar-refractivity contribution in [3.63, 3.8) is 0 Å². The van der Waals surface area contributed by atoms with Gasteiger partial charge in [0.05, 0.1) is 11.1 Å². The van der Waals surface area contributed by atoms with Crippen LogP contribution in [-0.4, -0.2) is 30.3 Å². The van der Waals surface area contributed by atoms with Crippen molar-refractivity contribution in [3.8, 4) is 17.0 Å². The molecule has 0 radical (unpaired) electrons. The summed E-state index contributed by atoms with van der Waals surface area (Å²) >= 11 is 3.41. The van der Waals surface area contributed by atoms with E-state index in [1.807, 2.05) is 0 Å². The van der Waals surface area contributed by atoms with Crippen LogP contribution in [0.1, 0.15) is 31.1 Å². The third kappa shape index (κ3) is 4.42. The van der Waals surface area contributed by atoms with E-state index in [-0.39, 0.29) is 17.5 Å². The van der Waals surface area contributed by atoms with E-state index in [0.717, 1.165) is 23.4 Å². The molecule has 10 heteroatoms. The zero-order valence-electron chi connectivity index (χ0n) is 16.5. The molecule has 1 saturated heterocycles. The molecule has 4 rings (SSSR count). The smallest absolute Gasteiger partial charge is 0.416 e. The SMILES string of the molecule is COCOc1cc(C(F)(F)F)cc(-c2nn(C3CCCCO3)c3cc(Br)ccc23)c1F. The summed E-state index contributed by atoms with van der Waals surface area (Å²) in [7, 11) is 1.30. The summed E-state index contributed by atoms with van der Waals surface area (Å²) < 4.78 is 73.8. The predicted molar refractivity (Wildman–Crippen MR) is 109 cm³/mol. The molecule has 5 nitrogen and oxygen atoms in total. The van der Waals surface area contributed by atoms with Crippen LogP contribution in [0.2, 0.25) is 0 Å². The molecule has 1 unspecified atom stereocenters. The Morgan fingerprint density at radius 3 is 2.71 bits per heavy atom. The lowest BCUT2D eigenvalue weighted by molar-refractivity contribution is -0.137. The molecule has 1 atom stereocenters. The minimum Gasteiger partial charge on any atom is -0.464 e. The number of halogens is 5. The van der Waals surface area contributed by atoms with Gasteiger partial charge in [-0.15, -0.1) is 0 Å². The fraction of sp³-hybridized carbons (Fsp3) is 0.381. The number of ether oxygens (including phenoxy) is 3. The van der Waals surface area contributed by atoms with E-state index in [9.17, 15) is 13.2 Å². The van der Waals surface area contributed by atoms with Gasteiger partial charge in [0, 0.05) is 29.1 Å². The molecule has 0 saturated carbocycles. The predicted octanol–water partition coefficient (Wildman–Crippen LogP) is 6.31. The first-order valence-corrected chi connectivity index (χ1v) is 10.4. The van der Waals surface area contributed by atoms with Gasteiger partial charge in [0.25, 0.3) is 0 Å². The number of methoxy groups -OCH3 is 1. The summed E-state index contributed by atoms with van der Waals surface area (Å²) in [6.07, 6.45) is -2.51. The quantitative estimate of drug-likeness (QED) is 0.303. The average molecular weight is 503 g/mol. The molecule has 2 heterocycles. The molecule has 1 aliphatic rings. The molecule has 0 N–H and O–H groups in total. The second kappa shape index (κ2) is 8.76. The minimum atomic E-state index is -4.69. The normalized spacial score (nSPS) is 17.3. The summed E-state index contributed by atoms with van der Waals surface area (Å²) in [5.41, 5.74) is -0.624. The van der Waals surface area contributed by atoms with Crippen molar-refractivity contribution in [1.29, 1.82) is 0 Å². The van der Waals surface area contributed by atoms with Crippen molar-refractivity contribution < 1.29 is 31.8 Å². The lowest BCUT2D eigenvalue weighted by Crippen LogP contribution is -2.19. The third-order valence-corrected chi connectivity index (χ3v) is 5.55. The average Bonchev–Trinajstić information content (AvgIpc) is 3.11. The van der Waals surface area contributed by atoms with E-state index in [4.69, 9.17) is 14.2 Å². The largest absolute Gasteiger partial charge is 0.464 e. The third-order valence-electron chi connectivity index (χ3n) is 5.05. The van der Waals surface area contributed by atoms with E-state index >= 15 is 4.39 Å². The van der Waals surface area contributed by atoms with Gasteiger partial charge >= 0.3 is 6.18 Å². The van der Waals surface area contributed by atoms with Crippen molar-refractivity contribution in [2.24, 2.45) is 0 Å². The lowest BCUT2D eigenvalue weighted by atomic mass is 10.0. The van der Waals surface area contributed by atoms with Gasteiger partial charge in [-0.3, -0.25) is 0 Å². The summed E-state index contributed by atoms with van der Waals surface area (Å²) in [4.78, 5) is 0. The molecule has 0 bridgehead atoms. The highest BCUT2D eigenvalue weighted by atomic mass is 79.9. The molecule has 3 aromatic rings. The van der Waals surface area contributed by atoms with Crippen molar-refractivity contribution in [2.75, 3.05) is 20.5 Å². The second-order valence-electron chi connectivity index (χ2n) is 7.16. The molecule has 1 aromatic heterocycles. The monoisotopic (exact) mass is 502 g/mol. The molecule has 166 valence electrons. The maximum absolute atomic E-state index is 15.3. The number of benzene rings is 2. The van der Waals surface area contributed by atoms with Crippen LogP contribution in [0.25, 0.3) is 22.2 Å². The first-order valence-electron chi connectivity index (χ1n) is 9.62. The summed E-state index contributed by atoms with van der Waals surface area (Å²) in [6, 6.07) is 6.59. The summed E-state index contributed by atoms with van der Waals surface area (Å²) in [5.74, 6) is -1.50. The van der Waals surface area contributed by atoms with E-state index in [1.54, 1.807) is 22.9 Å². The van der Waals surface area contributed by atoms with Gasteiger partial charge in [-0.05, 0) is 49.6 Å². The Hall–Kier alpha value is -2.17. The van der Waals surface area contributed by atoms with E-state index in [0.29, 0.717) is 30.0 Å². The molecule has 31 heavy (non-hydrogen) atoms. The highest BCUT2D eigenvalue weighted by molar-refractivity contribution is 9.10. The molecule has 0 spiro atoms. The number of rotatable bonds is 5. The van der Waals surface area contributed by atoms with E-state index < -0.39 is 30.1 Å². The fourth-order valence-corrected chi connectivity index (χ4v) is 3.96. The van der Waals surface area contributed by atoms with Crippen molar-refractivity contribution in [3.05, 3.63) is 46.2 Å². The van der Waals surface area contributed by atoms with Gasteiger partial charge < -0.3 is 14.2 Å². The molecular formula is C21H19BrF4N2O3. The molecular weight excluding hydrogens is 484 g/mol. The van der Waals surface area contributed by atoms with Crippen LogP contribution in [-0.2, 0) is 15.7 Å². The zero-order chi connectivity index (χ0) is 22.2. The van der Waals surface area contributed by atoms with Crippen molar-refractivity contribution >= 4 is 26.8 Å². The Morgan fingerprint density at radius 1 is 1.23 bits per heavy atom. The van der Waals surface area contributed by atoms with Crippen LogP contribution in [0.5, 0.6) is 5.75 Å². The van der Waals surface area contributed by atoms with Crippen LogP contribution >= 0.6 is 15.9 Å². The maximum Gasteiger partial charge on any atom is 0.416 e. The van der Waals surface area contributed by atoms with E-state index in [1.165, 1.54) is 7.11 Å². The minimum absolute atomic E-state index is 0.0857. The Morgan fingerprint density at radius 2 is 2.03 bits per heavy atom. The molecule has 2 aromatic carbocycles. The summed E-state index contributed by atoms with van der Waals surface area (Å²) in [5, 5.41) is 5.01. The number of hydrogen-bond donors (Lipinski definition) is 0. The Bertz CT molecular complexity index is 1090. The van der Waals surface area contributed by atoms with Crippen LogP contribution in [0.4, 0.5) is 17.6 Å². The molecule has 0 aliphatic carbocycles. The Labute approximate surface area is 184 Å². The van der Waals surface area contributed by atoms with Gasteiger partial charge in [0.1, 0.15) is 5.69 Å². The summed E-state index contributed by atoms with van der Waals surface area (Å²) in [6.45, 7) is 0.165. The van der Waals surface area contributed by atoms with Crippen LogP contribution in [0.3, 0.4) is 0 Å². The molecule has 0 amide bonds. The second-order valence-corrected chi connectivity index (χ2v) is 8.08. The zero-order valence-corrected chi connectivity index (χ0v) is 18.1. The van der Waals surface area contributed by atoms with Crippen LogP contribution in [0.15, 0.2) is 34.8 Å². The highest BCUT2D eigenvalue weighted by Gasteiger charge is 2.34. The number of nitrogens with zero attached hydrogens (tertiary/aromatic N) is 2. The van der Waals surface area contributed by atoms with Gasteiger partial charge in [-0.25, -0.2) is 9.07 Å². The van der Waals surface area contributed by atoms with Crippen LogP contribution < -0.4 is 4.74 Å². The lowest BCUT2D eigenvalue weighted by Gasteiger charge is -2.23. The highest BCUT2D eigenvalue weighted by Crippen LogP contribution is 2.41. The van der Waals surface area contributed by atoms with Gasteiger partial charge in [0.2, 0.25) is 0 Å². The van der Waals surface area contributed by atoms with Gasteiger partial charge in [-0.2, -0.15) is 18.3 Å². The van der Waals surface area contributed by atoms with Gasteiger partial charge in [0.15, 0.2) is 24.6 Å². The number of hydrogen-bond acceptors (Lipinski definition) is 4. The van der Waals surface area contributed by atoms with E-state index in [2.05, 4.69) is 21.0 Å². The number of aromatic nitrogens is 2. The Kier molecular flexibility index (Phi) is 6.23. The number of alkyl halides is 3. The fourth-order valence-electron chi connectivity index (χ4n) is 3.61. The molecule has 1 fully saturated rings. The van der Waals surface area contributed by atoms with Crippen molar-refractivity contribution in [2.45, 2.75) is 31.7 Å².